The first-order chi connectivity index (χ1) is 17.7. The Labute approximate surface area is 216 Å². The van der Waals surface area contributed by atoms with Crippen molar-refractivity contribution in [2.45, 2.75) is 39.5 Å². The van der Waals surface area contributed by atoms with Crippen molar-refractivity contribution in [2.24, 2.45) is 0 Å². The van der Waals surface area contributed by atoms with Crippen LogP contribution < -0.4 is 14.2 Å². The van der Waals surface area contributed by atoms with Crippen LogP contribution in [0.15, 0.2) is 72.3 Å². The van der Waals surface area contributed by atoms with E-state index in [4.69, 9.17) is 14.2 Å². The first kappa shape index (κ1) is 25.8. The number of amides is 1. The maximum atomic E-state index is 13.5. The monoisotopic (exact) mass is 501 g/mol. The number of aliphatic hydroxyl groups excluding tert-OH is 1. The normalized spacial score (nSPS) is 16.8. The summed E-state index contributed by atoms with van der Waals surface area (Å²) in [7, 11) is 3.05. The van der Waals surface area contributed by atoms with Gasteiger partial charge in [-0.05, 0) is 56.7 Å². The van der Waals surface area contributed by atoms with Gasteiger partial charge in [-0.2, -0.15) is 0 Å². The van der Waals surface area contributed by atoms with E-state index in [1.54, 1.807) is 37.4 Å². The number of para-hydroxylation sites is 1. The number of nitrogens with zero attached hydrogens (tertiary/aromatic N) is 1. The highest BCUT2D eigenvalue weighted by Gasteiger charge is 2.46. The summed E-state index contributed by atoms with van der Waals surface area (Å²) < 4.78 is 16.7. The molecular weight excluding hydrogens is 470 g/mol. The van der Waals surface area contributed by atoms with Gasteiger partial charge < -0.3 is 24.2 Å². The molecule has 0 aliphatic carbocycles. The minimum Gasteiger partial charge on any atom is -0.507 e. The number of Topliss-reactive ketones (excluding diaryl/α,β-unsaturated/α-hetero) is 1. The van der Waals surface area contributed by atoms with Crippen LogP contribution in [0.4, 0.5) is 0 Å². The van der Waals surface area contributed by atoms with E-state index in [1.807, 2.05) is 57.2 Å². The van der Waals surface area contributed by atoms with Gasteiger partial charge in [0.25, 0.3) is 11.7 Å². The molecule has 1 aliphatic rings. The highest BCUT2D eigenvalue weighted by atomic mass is 16.5. The Morgan fingerprint density at radius 3 is 2.27 bits per heavy atom. The molecule has 1 atom stereocenters. The summed E-state index contributed by atoms with van der Waals surface area (Å²) in [6.45, 7) is 5.86. The fourth-order valence-corrected chi connectivity index (χ4v) is 4.56. The van der Waals surface area contributed by atoms with E-state index in [9.17, 15) is 14.7 Å². The fourth-order valence-electron chi connectivity index (χ4n) is 4.56. The lowest BCUT2D eigenvalue weighted by molar-refractivity contribution is -0.140. The van der Waals surface area contributed by atoms with Crippen molar-refractivity contribution in [1.82, 2.24) is 4.90 Å². The average Bonchev–Trinajstić information content (AvgIpc) is 3.13. The Kier molecular flexibility index (Phi) is 7.53. The number of hydrogen-bond acceptors (Lipinski definition) is 6. The van der Waals surface area contributed by atoms with E-state index < -0.39 is 17.7 Å². The second-order valence-corrected chi connectivity index (χ2v) is 9.18. The number of carbonyl (C=O) groups is 2. The zero-order valence-electron chi connectivity index (χ0n) is 21.6. The third kappa shape index (κ3) is 5.16. The van der Waals surface area contributed by atoms with E-state index >= 15 is 0 Å². The van der Waals surface area contributed by atoms with Crippen LogP contribution in [0.5, 0.6) is 17.2 Å². The molecule has 0 saturated carbocycles. The zero-order chi connectivity index (χ0) is 26.7. The summed E-state index contributed by atoms with van der Waals surface area (Å²) in [6, 6.07) is 19.0. The van der Waals surface area contributed by atoms with Crippen molar-refractivity contribution in [2.75, 3.05) is 14.2 Å². The molecule has 1 N–H and O–H groups in total. The molecule has 0 radical (unpaired) electrons. The summed E-state index contributed by atoms with van der Waals surface area (Å²) >= 11 is 0. The largest absolute Gasteiger partial charge is 0.507 e. The van der Waals surface area contributed by atoms with Crippen molar-refractivity contribution in [3.05, 3.63) is 94.6 Å². The third-order valence-electron chi connectivity index (χ3n) is 6.25. The van der Waals surface area contributed by atoms with Gasteiger partial charge in [-0.15, -0.1) is 0 Å². The Balaban J connectivity index is 1.88. The van der Waals surface area contributed by atoms with E-state index in [2.05, 4.69) is 0 Å². The molecule has 37 heavy (non-hydrogen) atoms. The zero-order valence-corrected chi connectivity index (χ0v) is 21.6. The molecule has 3 aromatic rings. The highest BCUT2D eigenvalue weighted by Crippen LogP contribution is 2.42. The summed E-state index contributed by atoms with van der Waals surface area (Å²) in [5, 5.41) is 11.5. The molecule has 1 aliphatic heterocycles. The van der Waals surface area contributed by atoms with Gasteiger partial charge in [0.1, 0.15) is 23.0 Å². The third-order valence-corrected chi connectivity index (χ3v) is 6.25. The molecule has 1 fully saturated rings. The quantitative estimate of drug-likeness (QED) is 0.252. The Hall–Kier alpha value is -4.26. The molecule has 1 heterocycles. The summed E-state index contributed by atoms with van der Waals surface area (Å²) in [4.78, 5) is 28.3. The van der Waals surface area contributed by atoms with Crippen LogP contribution in [-0.4, -0.2) is 42.0 Å². The van der Waals surface area contributed by atoms with Crippen molar-refractivity contribution < 1.29 is 28.9 Å². The number of ketones is 1. The number of aryl methyl sites for hydroxylation is 1. The molecule has 192 valence electrons. The molecule has 7 nitrogen and oxygen atoms in total. The van der Waals surface area contributed by atoms with Crippen molar-refractivity contribution in [3.63, 3.8) is 0 Å². The van der Waals surface area contributed by atoms with Gasteiger partial charge in [0.05, 0.1) is 44.0 Å². The molecule has 0 spiro atoms. The second kappa shape index (κ2) is 10.8. The first-order valence-electron chi connectivity index (χ1n) is 12.1. The molecule has 0 aromatic heterocycles. The predicted molar refractivity (Wildman–Crippen MR) is 141 cm³/mol. The van der Waals surface area contributed by atoms with Crippen LogP contribution in [0.1, 0.15) is 42.1 Å². The van der Waals surface area contributed by atoms with Crippen molar-refractivity contribution in [3.8, 4) is 17.2 Å². The number of benzene rings is 3. The molecule has 4 rings (SSSR count). The van der Waals surface area contributed by atoms with Crippen molar-refractivity contribution >= 4 is 17.4 Å². The number of likely N-dealkylation sites (tertiary alicyclic amines) is 1. The van der Waals surface area contributed by atoms with E-state index in [1.165, 1.54) is 12.0 Å². The number of rotatable bonds is 8. The molecule has 1 amide bonds. The van der Waals surface area contributed by atoms with Crippen molar-refractivity contribution in [1.29, 1.82) is 0 Å². The summed E-state index contributed by atoms with van der Waals surface area (Å²) in [5.74, 6) is -0.0765. The lowest BCUT2D eigenvalue weighted by Gasteiger charge is -2.26. The minimum absolute atomic E-state index is 0.00123. The van der Waals surface area contributed by atoms with Crippen LogP contribution in [0, 0.1) is 6.92 Å². The SMILES string of the molecule is COc1ccccc1CN1C(=O)C(=O)/C(=C(/O)c2cc(C)ccc2OC)C1c1ccc(OC(C)C)cc1. The van der Waals surface area contributed by atoms with Crippen LogP contribution in [0.25, 0.3) is 5.76 Å². The Morgan fingerprint density at radius 2 is 1.62 bits per heavy atom. The molecule has 7 heteroatoms. The number of carbonyl (C=O) groups excluding carboxylic acids is 2. The minimum atomic E-state index is -0.830. The number of aliphatic hydroxyl groups is 1. The maximum absolute atomic E-state index is 13.5. The fraction of sp³-hybridized carbons (Fsp3) is 0.267. The smallest absolute Gasteiger partial charge is 0.295 e. The molecule has 1 unspecified atom stereocenters. The molecular formula is C30H31NO6. The van der Waals surface area contributed by atoms with Gasteiger partial charge >= 0.3 is 0 Å². The maximum Gasteiger partial charge on any atom is 0.295 e. The van der Waals surface area contributed by atoms with E-state index in [0.717, 1.165) is 11.1 Å². The topological polar surface area (TPSA) is 85.3 Å². The number of methoxy groups -OCH3 is 2. The molecule has 3 aromatic carbocycles. The van der Waals surface area contributed by atoms with Gasteiger partial charge in [-0.3, -0.25) is 9.59 Å². The molecule has 0 bridgehead atoms. The molecule has 1 saturated heterocycles. The van der Waals surface area contributed by atoms with Gasteiger partial charge in [-0.25, -0.2) is 0 Å². The Bertz CT molecular complexity index is 1340. The van der Waals surface area contributed by atoms with E-state index in [0.29, 0.717) is 28.4 Å². The summed E-state index contributed by atoms with van der Waals surface area (Å²) in [5.41, 5.74) is 2.63. The van der Waals surface area contributed by atoms with Gasteiger partial charge in [0.15, 0.2) is 0 Å². The van der Waals surface area contributed by atoms with Crippen LogP contribution >= 0.6 is 0 Å². The van der Waals surface area contributed by atoms with Gasteiger partial charge in [0, 0.05) is 5.56 Å². The van der Waals surface area contributed by atoms with E-state index in [-0.39, 0.29) is 24.0 Å². The average molecular weight is 502 g/mol. The lowest BCUT2D eigenvalue weighted by Crippen LogP contribution is -2.29. The lowest BCUT2D eigenvalue weighted by atomic mass is 9.94. The van der Waals surface area contributed by atoms with Crippen LogP contribution in [0.3, 0.4) is 0 Å². The second-order valence-electron chi connectivity index (χ2n) is 9.18. The predicted octanol–water partition coefficient (Wildman–Crippen LogP) is 5.42. The highest BCUT2D eigenvalue weighted by molar-refractivity contribution is 6.46. The van der Waals surface area contributed by atoms with Crippen LogP contribution in [-0.2, 0) is 16.1 Å². The van der Waals surface area contributed by atoms with Crippen LogP contribution in [0.2, 0.25) is 0 Å². The standard InChI is InChI=1S/C30H31NO6/c1-18(2)37-22-13-11-20(12-14-22)27-26(28(32)23-16-19(3)10-15-25(23)36-5)29(33)30(34)31(27)17-21-8-6-7-9-24(21)35-4/h6-16,18,27,32H,17H2,1-5H3/b28-26+. The first-order valence-corrected chi connectivity index (χ1v) is 12.1. The Morgan fingerprint density at radius 1 is 0.946 bits per heavy atom. The summed E-state index contributed by atoms with van der Waals surface area (Å²) in [6.07, 6.45) is -0.00387. The van der Waals surface area contributed by atoms with Gasteiger partial charge in [-0.1, -0.05) is 42.0 Å². The van der Waals surface area contributed by atoms with Gasteiger partial charge in [0.2, 0.25) is 0 Å². The number of ether oxygens (including phenoxy) is 3. The number of hydrogen-bond donors (Lipinski definition) is 1.